The van der Waals surface area contributed by atoms with E-state index in [-0.39, 0.29) is 29.3 Å². The molecule has 5 heteroatoms. The first kappa shape index (κ1) is 29.4. The summed E-state index contributed by atoms with van der Waals surface area (Å²) in [6, 6.07) is 0. The molecule has 0 amide bonds. The third-order valence-electron chi connectivity index (χ3n) is 13.4. The van der Waals surface area contributed by atoms with Gasteiger partial charge in [-0.15, -0.1) is 0 Å². The molecule has 0 aliphatic heterocycles. The summed E-state index contributed by atoms with van der Waals surface area (Å²) in [4.78, 5) is 23.7. The number of carboxylic acid groups (broad SMARTS) is 1. The van der Waals surface area contributed by atoms with Crippen LogP contribution in [0.3, 0.4) is 0 Å². The van der Waals surface area contributed by atoms with Crippen molar-refractivity contribution in [3.8, 4) is 0 Å². The normalized spacial score (nSPS) is 45.1. The SMILES string of the molecule is CC(=O)O[C@@H]1C[C@@H]2C[C@@](O)(CCC3CCCCC3)CC[C@]2(C)[C@H]2CC[C@]3(C)[C@@H]([C@H](C)CCC(=O)O)CC[C@H]3[C@H]12. The Morgan fingerprint density at radius 1 is 0.949 bits per heavy atom. The van der Waals surface area contributed by atoms with Crippen LogP contribution < -0.4 is 0 Å². The molecule has 5 rings (SSSR count). The highest BCUT2D eigenvalue weighted by Gasteiger charge is 2.64. The Hall–Kier alpha value is -1.10. The van der Waals surface area contributed by atoms with E-state index in [9.17, 15) is 19.8 Å². The first-order valence-electron chi connectivity index (χ1n) is 16.6. The van der Waals surface area contributed by atoms with Crippen LogP contribution in [-0.2, 0) is 14.3 Å². The molecule has 0 spiro atoms. The summed E-state index contributed by atoms with van der Waals surface area (Å²) in [5.41, 5.74) is -0.167. The van der Waals surface area contributed by atoms with Gasteiger partial charge in [-0.3, -0.25) is 9.59 Å². The van der Waals surface area contributed by atoms with Gasteiger partial charge in [-0.25, -0.2) is 0 Å². The standard InChI is InChI=1S/C34H56O5/c1-22(10-13-30(36)37)26-11-12-27-31-28(15-16-33(26,27)4)32(3)18-19-34(38,17-14-24-8-6-5-7-9-24)21-25(32)20-29(31)39-23(2)35/h22,24-29,31,38H,5-21H2,1-4H3,(H,36,37)/t22-,25-,26-,27+,28+,29-,31+,32+,33-,34-/m1/s1. The number of carboxylic acids is 1. The minimum atomic E-state index is -0.692. The number of fused-ring (bicyclic) bond motifs is 5. The zero-order chi connectivity index (χ0) is 28.0. The molecule has 0 radical (unpaired) electrons. The van der Waals surface area contributed by atoms with E-state index >= 15 is 0 Å². The monoisotopic (exact) mass is 544 g/mol. The smallest absolute Gasteiger partial charge is 0.303 e. The number of rotatable bonds is 8. The summed E-state index contributed by atoms with van der Waals surface area (Å²) >= 11 is 0. The van der Waals surface area contributed by atoms with Gasteiger partial charge >= 0.3 is 11.9 Å². The van der Waals surface area contributed by atoms with Crippen molar-refractivity contribution < 1.29 is 24.5 Å². The number of carbonyl (C=O) groups excluding carboxylic acids is 1. The minimum Gasteiger partial charge on any atom is -0.481 e. The molecule has 222 valence electrons. The molecular formula is C34H56O5. The minimum absolute atomic E-state index is 0.0519. The Balaban J connectivity index is 1.34. The molecule has 5 aliphatic rings. The van der Waals surface area contributed by atoms with Gasteiger partial charge in [-0.05, 0) is 117 Å². The molecule has 0 bridgehead atoms. The van der Waals surface area contributed by atoms with Crippen molar-refractivity contribution in [3.63, 3.8) is 0 Å². The highest BCUT2D eigenvalue weighted by Crippen LogP contribution is 2.69. The molecular weight excluding hydrogens is 488 g/mol. The van der Waals surface area contributed by atoms with Crippen molar-refractivity contribution in [3.05, 3.63) is 0 Å². The summed E-state index contributed by atoms with van der Waals surface area (Å²) in [6.45, 7) is 8.83. The Morgan fingerprint density at radius 2 is 1.67 bits per heavy atom. The van der Waals surface area contributed by atoms with Crippen LogP contribution in [0.15, 0.2) is 0 Å². The Kier molecular flexibility index (Phi) is 8.51. The summed E-state index contributed by atoms with van der Waals surface area (Å²) in [5.74, 6) is 2.75. The zero-order valence-corrected chi connectivity index (χ0v) is 25.3. The average molecular weight is 545 g/mol. The number of hydrogen-bond acceptors (Lipinski definition) is 4. The second kappa shape index (κ2) is 11.3. The predicted octanol–water partition coefficient (Wildman–Crippen LogP) is 7.78. The van der Waals surface area contributed by atoms with E-state index in [1.54, 1.807) is 6.92 Å². The molecule has 5 fully saturated rings. The number of aliphatic carboxylic acids is 1. The third kappa shape index (κ3) is 5.69. The first-order valence-corrected chi connectivity index (χ1v) is 16.6. The number of ether oxygens (including phenoxy) is 1. The van der Waals surface area contributed by atoms with Crippen molar-refractivity contribution in [2.75, 3.05) is 0 Å². The van der Waals surface area contributed by atoms with Gasteiger partial charge in [-0.2, -0.15) is 0 Å². The van der Waals surface area contributed by atoms with Gasteiger partial charge in [0.2, 0.25) is 0 Å². The van der Waals surface area contributed by atoms with Crippen LogP contribution in [0.4, 0.5) is 0 Å². The molecule has 5 aliphatic carbocycles. The fraction of sp³-hybridized carbons (Fsp3) is 0.941. The highest BCUT2D eigenvalue weighted by atomic mass is 16.5. The van der Waals surface area contributed by atoms with Crippen LogP contribution in [-0.4, -0.2) is 33.9 Å². The van der Waals surface area contributed by atoms with Gasteiger partial charge in [0.05, 0.1) is 5.60 Å². The molecule has 0 aromatic heterocycles. The van der Waals surface area contributed by atoms with Crippen LogP contribution in [0, 0.1) is 52.3 Å². The quantitative estimate of drug-likeness (QED) is 0.305. The molecule has 0 aromatic carbocycles. The molecule has 5 saturated carbocycles. The number of hydrogen-bond donors (Lipinski definition) is 2. The summed E-state index contributed by atoms with van der Waals surface area (Å²) < 4.78 is 6.21. The van der Waals surface area contributed by atoms with Crippen molar-refractivity contribution in [2.45, 2.75) is 149 Å². The van der Waals surface area contributed by atoms with E-state index in [1.165, 1.54) is 64.2 Å². The first-order chi connectivity index (χ1) is 18.4. The number of esters is 1. The van der Waals surface area contributed by atoms with Crippen LogP contribution in [0.1, 0.15) is 137 Å². The lowest BCUT2D eigenvalue weighted by Crippen LogP contribution is -2.60. The van der Waals surface area contributed by atoms with Crippen molar-refractivity contribution in [1.82, 2.24) is 0 Å². The predicted molar refractivity (Wildman–Crippen MR) is 153 cm³/mol. The molecule has 0 saturated heterocycles. The fourth-order valence-corrected chi connectivity index (χ4v) is 11.3. The molecule has 10 atom stereocenters. The van der Waals surface area contributed by atoms with Crippen molar-refractivity contribution >= 4 is 11.9 Å². The van der Waals surface area contributed by atoms with E-state index < -0.39 is 11.6 Å². The maximum Gasteiger partial charge on any atom is 0.303 e. The lowest BCUT2D eigenvalue weighted by Gasteiger charge is -2.63. The Bertz CT molecular complexity index is 896. The molecule has 0 aromatic rings. The summed E-state index contributed by atoms with van der Waals surface area (Å²) in [7, 11) is 0. The largest absolute Gasteiger partial charge is 0.481 e. The lowest BCUT2D eigenvalue weighted by molar-refractivity contribution is -0.203. The highest BCUT2D eigenvalue weighted by molar-refractivity contribution is 5.66. The summed E-state index contributed by atoms with van der Waals surface area (Å²) in [6.07, 6.45) is 18.3. The van der Waals surface area contributed by atoms with Crippen molar-refractivity contribution in [1.29, 1.82) is 0 Å². The molecule has 0 unspecified atom stereocenters. The Labute approximate surface area is 237 Å². The molecule has 5 nitrogen and oxygen atoms in total. The van der Waals surface area contributed by atoms with Gasteiger partial charge in [0, 0.05) is 19.3 Å². The number of carbonyl (C=O) groups is 2. The molecule has 0 heterocycles. The second-order valence-electron chi connectivity index (χ2n) is 15.5. The van der Waals surface area contributed by atoms with Crippen LogP contribution in [0.5, 0.6) is 0 Å². The zero-order valence-electron chi connectivity index (χ0n) is 25.3. The van der Waals surface area contributed by atoms with E-state index in [4.69, 9.17) is 4.74 Å². The van der Waals surface area contributed by atoms with Crippen molar-refractivity contribution in [2.24, 2.45) is 52.3 Å². The maximum absolute atomic E-state index is 12.4. The van der Waals surface area contributed by atoms with E-state index in [0.717, 1.165) is 44.4 Å². The van der Waals surface area contributed by atoms with Crippen LogP contribution in [0.2, 0.25) is 0 Å². The molecule has 2 N–H and O–H groups in total. The van der Waals surface area contributed by atoms with Gasteiger partial charge < -0.3 is 14.9 Å². The van der Waals surface area contributed by atoms with Gasteiger partial charge in [0.15, 0.2) is 0 Å². The molecule has 39 heavy (non-hydrogen) atoms. The van der Waals surface area contributed by atoms with Crippen LogP contribution >= 0.6 is 0 Å². The summed E-state index contributed by atoms with van der Waals surface area (Å²) in [5, 5.41) is 21.1. The van der Waals surface area contributed by atoms with E-state index in [0.29, 0.717) is 35.5 Å². The van der Waals surface area contributed by atoms with Crippen LogP contribution in [0.25, 0.3) is 0 Å². The van der Waals surface area contributed by atoms with Gasteiger partial charge in [-0.1, -0.05) is 52.9 Å². The Morgan fingerprint density at radius 3 is 2.36 bits per heavy atom. The van der Waals surface area contributed by atoms with Gasteiger partial charge in [0.25, 0.3) is 0 Å². The van der Waals surface area contributed by atoms with Gasteiger partial charge in [0.1, 0.15) is 6.10 Å². The topological polar surface area (TPSA) is 83.8 Å². The van der Waals surface area contributed by atoms with E-state index in [1.807, 2.05) is 0 Å². The average Bonchev–Trinajstić information content (AvgIpc) is 3.25. The third-order valence-corrected chi connectivity index (χ3v) is 13.4. The lowest BCUT2D eigenvalue weighted by atomic mass is 9.42. The maximum atomic E-state index is 12.4. The van der Waals surface area contributed by atoms with E-state index in [2.05, 4.69) is 20.8 Å². The fourth-order valence-electron chi connectivity index (χ4n) is 11.3. The second-order valence-corrected chi connectivity index (χ2v) is 15.5. The number of aliphatic hydroxyl groups is 1.